The van der Waals surface area contributed by atoms with Crippen molar-refractivity contribution < 1.29 is 27.0 Å². The predicted molar refractivity (Wildman–Crippen MR) is 62.0 cm³/mol. The van der Waals surface area contributed by atoms with Crippen LogP contribution in [0.25, 0.3) is 0 Å². The standard InChI is InChI=1S/C10H9FN2O5S/c11-19(17,18)7-3-9(14)13(5-7)6-1-2-8(10(15)16)12-4-6/h1-2,4,7H,3,5H2,(H,15,16). The molecule has 1 aliphatic heterocycles. The highest BCUT2D eigenvalue weighted by molar-refractivity contribution is 7.87. The monoisotopic (exact) mass is 288 g/mol. The summed E-state index contributed by atoms with van der Waals surface area (Å²) in [7, 11) is -4.78. The Kier molecular flexibility index (Phi) is 3.23. The van der Waals surface area contributed by atoms with Crippen molar-refractivity contribution in [2.45, 2.75) is 11.7 Å². The average molecular weight is 288 g/mol. The first-order valence-corrected chi connectivity index (χ1v) is 6.67. The maximum atomic E-state index is 12.8. The molecular weight excluding hydrogens is 279 g/mol. The molecule has 0 bridgehead atoms. The summed E-state index contributed by atoms with van der Waals surface area (Å²) < 4.78 is 34.3. The first-order chi connectivity index (χ1) is 8.79. The third-order valence-corrected chi connectivity index (χ3v) is 3.88. The average Bonchev–Trinajstić information content (AvgIpc) is 2.71. The number of anilines is 1. The lowest BCUT2D eigenvalue weighted by Gasteiger charge is -2.15. The summed E-state index contributed by atoms with van der Waals surface area (Å²) in [5, 5.41) is 7.28. The molecule has 0 radical (unpaired) electrons. The van der Waals surface area contributed by atoms with Crippen molar-refractivity contribution in [1.29, 1.82) is 0 Å². The molecular formula is C10H9FN2O5S. The minimum absolute atomic E-state index is 0.204. The first kappa shape index (κ1) is 13.4. The molecule has 1 aromatic heterocycles. The van der Waals surface area contributed by atoms with E-state index in [1.807, 2.05) is 0 Å². The summed E-state index contributed by atoms with van der Waals surface area (Å²) >= 11 is 0. The Bertz CT molecular complexity index is 628. The van der Waals surface area contributed by atoms with Gasteiger partial charge in [0.15, 0.2) is 0 Å². The number of aromatic carboxylic acids is 1. The second-order valence-corrected chi connectivity index (χ2v) is 5.63. The zero-order valence-corrected chi connectivity index (χ0v) is 10.3. The van der Waals surface area contributed by atoms with Gasteiger partial charge in [0.1, 0.15) is 10.9 Å². The number of aromatic nitrogens is 1. The number of hydrogen-bond donors (Lipinski definition) is 1. The molecule has 1 aliphatic rings. The summed E-state index contributed by atoms with van der Waals surface area (Å²) in [6.45, 7) is -0.300. The molecule has 7 nitrogen and oxygen atoms in total. The first-order valence-electron chi connectivity index (χ1n) is 5.22. The summed E-state index contributed by atoms with van der Waals surface area (Å²) in [6.07, 6.45) is 0.702. The number of carboxylic acids is 1. The Hall–Kier alpha value is -2.03. The normalized spacial score (nSPS) is 19.7. The van der Waals surface area contributed by atoms with Crippen molar-refractivity contribution >= 4 is 27.8 Å². The number of carbonyl (C=O) groups excluding carboxylic acids is 1. The van der Waals surface area contributed by atoms with Gasteiger partial charge in [0.25, 0.3) is 0 Å². The lowest BCUT2D eigenvalue weighted by atomic mass is 10.3. The van der Waals surface area contributed by atoms with Gasteiger partial charge in [0.05, 0.1) is 11.9 Å². The molecule has 1 amide bonds. The number of carbonyl (C=O) groups is 2. The fraction of sp³-hybridized carbons (Fsp3) is 0.300. The fourth-order valence-electron chi connectivity index (χ4n) is 1.79. The van der Waals surface area contributed by atoms with Crippen LogP contribution in [0.5, 0.6) is 0 Å². The highest BCUT2D eigenvalue weighted by Gasteiger charge is 2.39. The van der Waals surface area contributed by atoms with E-state index in [0.29, 0.717) is 0 Å². The number of halogens is 1. The van der Waals surface area contributed by atoms with Gasteiger partial charge in [-0.1, -0.05) is 0 Å². The van der Waals surface area contributed by atoms with Crippen LogP contribution in [0.2, 0.25) is 0 Å². The molecule has 0 aliphatic carbocycles. The van der Waals surface area contributed by atoms with Crippen molar-refractivity contribution in [1.82, 2.24) is 4.98 Å². The van der Waals surface area contributed by atoms with Crippen molar-refractivity contribution in [3.8, 4) is 0 Å². The predicted octanol–water partition coefficient (Wildman–Crippen LogP) is 0.184. The van der Waals surface area contributed by atoms with Crippen LogP contribution in [0.1, 0.15) is 16.9 Å². The molecule has 2 heterocycles. The van der Waals surface area contributed by atoms with Crippen LogP contribution in [0.4, 0.5) is 9.57 Å². The van der Waals surface area contributed by atoms with Gasteiger partial charge in [-0.05, 0) is 12.1 Å². The van der Waals surface area contributed by atoms with E-state index in [1.165, 1.54) is 12.1 Å². The molecule has 1 N–H and O–H groups in total. The van der Waals surface area contributed by atoms with Crippen LogP contribution in [-0.4, -0.2) is 42.2 Å². The molecule has 0 saturated carbocycles. The van der Waals surface area contributed by atoms with E-state index in [0.717, 1.165) is 11.1 Å². The van der Waals surface area contributed by atoms with Gasteiger partial charge >= 0.3 is 16.2 Å². The number of amides is 1. The zero-order valence-electron chi connectivity index (χ0n) is 9.48. The van der Waals surface area contributed by atoms with Gasteiger partial charge in [-0.2, -0.15) is 8.42 Å². The van der Waals surface area contributed by atoms with Gasteiger partial charge in [0.2, 0.25) is 5.91 Å². The van der Waals surface area contributed by atoms with Crippen LogP contribution >= 0.6 is 0 Å². The number of hydrogen-bond acceptors (Lipinski definition) is 5. The minimum Gasteiger partial charge on any atom is -0.477 e. The molecule has 1 aromatic rings. The van der Waals surface area contributed by atoms with Crippen molar-refractivity contribution in [2.24, 2.45) is 0 Å². The smallest absolute Gasteiger partial charge is 0.354 e. The molecule has 0 aromatic carbocycles. The fourth-order valence-corrected chi connectivity index (χ4v) is 2.45. The van der Waals surface area contributed by atoms with Crippen LogP contribution in [0.3, 0.4) is 0 Å². The Labute approximate surface area is 107 Å². The molecule has 1 unspecified atom stereocenters. The van der Waals surface area contributed by atoms with Crippen molar-refractivity contribution in [2.75, 3.05) is 11.4 Å². The molecule has 19 heavy (non-hydrogen) atoms. The van der Waals surface area contributed by atoms with E-state index in [9.17, 15) is 21.9 Å². The topological polar surface area (TPSA) is 105 Å². The van der Waals surface area contributed by atoms with Crippen LogP contribution in [0.15, 0.2) is 18.3 Å². The minimum atomic E-state index is -4.78. The third-order valence-electron chi connectivity index (χ3n) is 2.77. The largest absolute Gasteiger partial charge is 0.477 e. The number of carboxylic acid groups (broad SMARTS) is 1. The van der Waals surface area contributed by atoms with E-state index >= 15 is 0 Å². The quantitative estimate of drug-likeness (QED) is 0.796. The lowest BCUT2D eigenvalue weighted by Crippen LogP contribution is -2.27. The Morgan fingerprint density at radius 2 is 2.16 bits per heavy atom. The molecule has 1 atom stereocenters. The second-order valence-electron chi connectivity index (χ2n) is 4.01. The van der Waals surface area contributed by atoms with Crippen LogP contribution in [-0.2, 0) is 15.0 Å². The van der Waals surface area contributed by atoms with Gasteiger partial charge in [-0.15, -0.1) is 3.89 Å². The van der Waals surface area contributed by atoms with Gasteiger partial charge in [-0.3, -0.25) is 4.79 Å². The number of nitrogens with zero attached hydrogens (tertiary/aromatic N) is 2. The second kappa shape index (κ2) is 4.57. The molecule has 1 saturated heterocycles. The van der Waals surface area contributed by atoms with E-state index in [-0.39, 0.29) is 17.9 Å². The van der Waals surface area contributed by atoms with Gasteiger partial charge in [0, 0.05) is 13.0 Å². The number of rotatable bonds is 3. The van der Waals surface area contributed by atoms with E-state index in [4.69, 9.17) is 5.11 Å². The van der Waals surface area contributed by atoms with Crippen molar-refractivity contribution in [3.05, 3.63) is 24.0 Å². The Balaban J connectivity index is 2.23. The maximum absolute atomic E-state index is 12.8. The highest BCUT2D eigenvalue weighted by atomic mass is 32.3. The Morgan fingerprint density at radius 1 is 1.47 bits per heavy atom. The molecule has 2 rings (SSSR count). The number of pyridine rings is 1. The summed E-state index contributed by atoms with van der Waals surface area (Å²) in [6, 6.07) is 2.50. The summed E-state index contributed by atoms with van der Waals surface area (Å²) in [5.41, 5.74) is 0.0335. The van der Waals surface area contributed by atoms with E-state index < -0.39 is 33.8 Å². The lowest BCUT2D eigenvalue weighted by molar-refractivity contribution is -0.117. The van der Waals surface area contributed by atoms with Gasteiger partial charge in [-0.25, -0.2) is 9.78 Å². The highest BCUT2D eigenvalue weighted by Crippen LogP contribution is 2.25. The molecule has 0 spiro atoms. The van der Waals surface area contributed by atoms with Crippen molar-refractivity contribution in [3.63, 3.8) is 0 Å². The van der Waals surface area contributed by atoms with Gasteiger partial charge < -0.3 is 10.0 Å². The van der Waals surface area contributed by atoms with E-state index in [1.54, 1.807) is 0 Å². The summed E-state index contributed by atoms with van der Waals surface area (Å²) in [5.74, 6) is -1.76. The SMILES string of the molecule is O=C(O)c1ccc(N2CC(S(=O)(=O)F)CC2=O)cn1. The Morgan fingerprint density at radius 3 is 2.58 bits per heavy atom. The molecule has 102 valence electrons. The van der Waals surface area contributed by atoms with E-state index in [2.05, 4.69) is 4.98 Å². The third kappa shape index (κ3) is 2.70. The molecule has 9 heteroatoms. The molecule has 1 fully saturated rings. The zero-order chi connectivity index (χ0) is 14.2. The summed E-state index contributed by atoms with van der Waals surface area (Å²) in [4.78, 5) is 26.9. The maximum Gasteiger partial charge on any atom is 0.354 e. The van der Waals surface area contributed by atoms with Crippen LogP contribution < -0.4 is 4.90 Å². The van der Waals surface area contributed by atoms with Crippen LogP contribution in [0, 0.1) is 0 Å².